The highest BCUT2D eigenvalue weighted by Crippen LogP contribution is 2.32. The molecule has 9 heteroatoms. The van der Waals surface area contributed by atoms with E-state index in [9.17, 15) is 18.0 Å². The van der Waals surface area contributed by atoms with Gasteiger partial charge in [0.25, 0.3) is 0 Å². The number of rotatable bonds is 11. The average molecular weight is 501 g/mol. The van der Waals surface area contributed by atoms with Crippen molar-refractivity contribution in [3.05, 3.63) is 54.1 Å². The molecule has 0 spiro atoms. The second kappa shape index (κ2) is 12.2. The first-order valence-electron chi connectivity index (χ1n) is 12.3. The number of anilines is 2. The summed E-state index contributed by atoms with van der Waals surface area (Å²) in [6.45, 7) is 4.91. The molecular formula is C26H36N4O4S. The number of nitrogens with zero attached hydrogens (tertiary/aromatic N) is 1. The molecule has 1 fully saturated rings. The highest BCUT2D eigenvalue weighted by Gasteiger charge is 2.29. The molecule has 1 aliphatic heterocycles. The number of piperidine rings is 1. The van der Waals surface area contributed by atoms with Crippen LogP contribution in [-0.4, -0.2) is 33.3 Å². The molecule has 8 nitrogen and oxygen atoms in total. The van der Waals surface area contributed by atoms with Crippen LogP contribution in [0.4, 0.5) is 11.4 Å². The van der Waals surface area contributed by atoms with E-state index >= 15 is 0 Å². The van der Waals surface area contributed by atoms with Gasteiger partial charge in [0.1, 0.15) is 4.90 Å². The van der Waals surface area contributed by atoms with Crippen LogP contribution in [-0.2, 0) is 19.6 Å². The number of benzene rings is 2. The quantitative estimate of drug-likeness (QED) is 0.403. The summed E-state index contributed by atoms with van der Waals surface area (Å²) in [6, 6.07) is 13.9. The van der Waals surface area contributed by atoms with Crippen LogP contribution >= 0.6 is 0 Å². The van der Waals surface area contributed by atoms with Crippen LogP contribution in [0, 0.1) is 5.92 Å². The van der Waals surface area contributed by atoms with Crippen molar-refractivity contribution in [1.82, 2.24) is 4.72 Å². The number of carbonyl (C=O) groups excluding carboxylic acids is 2. The SMILES string of the molecule is CCCCCC(=O)Nc1ccc(N2CCC(C(N)=O)CC2)c(S(=O)(=O)N[C@H](C)c2ccccc2)c1. The zero-order chi connectivity index (χ0) is 25.4. The van der Waals surface area contributed by atoms with Crippen molar-refractivity contribution in [2.45, 2.75) is 63.3 Å². The van der Waals surface area contributed by atoms with Crippen LogP contribution < -0.4 is 20.7 Å². The molecule has 3 rings (SSSR count). The molecule has 2 aromatic rings. The molecule has 0 radical (unpaired) electrons. The molecule has 0 saturated carbocycles. The highest BCUT2D eigenvalue weighted by molar-refractivity contribution is 7.89. The first-order chi connectivity index (χ1) is 16.7. The van der Waals surface area contributed by atoms with E-state index in [1.54, 1.807) is 19.1 Å². The van der Waals surface area contributed by atoms with Crippen LogP contribution in [0.3, 0.4) is 0 Å². The molecular weight excluding hydrogens is 464 g/mol. The van der Waals surface area contributed by atoms with E-state index in [-0.39, 0.29) is 22.6 Å². The van der Waals surface area contributed by atoms with Crippen LogP contribution in [0.2, 0.25) is 0 Å². The van der Waals surface area contributed by atoms with Gasteiger partial charge in [-0.25, -0.2) is 13.1 Å². The fourth-order valence-electron chi connectivity index (χ4n) is 4.34. The van der Waals surface area contributed by atoms with Gasteiger partial charge in [-0.05, 0) is 49.9 Å². The number of carbonyl (C=O) groups is 2. The second-order valence-electron chi connectivity index (χ2n) is 9.11. The smallest absolute Gasteiger partial charge is 0.243 e. The van der Waals surface area contributed by atoms with Gasteiger partial charge in [0.05, 0.1) is 5.69 Å². The first-order valence-corrected chi connectivity index (χ1v) is 13.7. The van der Waals surface area contributed by atoms with E-state index in [4.69, 9.17) is 5.73 Å². The molecule has 0 aliphatic carbocycles. The normalized spacial score (nSPS) is 15.5. The summed E-state index contributed by atoms with van der Waals surface area (Å²) in [5.41, 5.74) is 7.30. The van der Waals surface area contributed by atoms with Crippen LogP contribution in [0.1, 0.15) is 64.0 Å². The summed E-state index contributed by atoms with van der Waals surface area (Å²) in [4.78, 5) is 26.0. The standard InChI is InChI=1S/C26H36N4O4S/c1-3-4-6-11-25(31)28-22-12-13-23(30-16-14-21(15-17-30)26(27)32)24(18-22)35(33,34)29-19(2)20-9-7-5-8-10-20/h5,7-10,12-13,18-19,21,29H,3-4,6,11,14-17H2,1-2H3,(H2,27,32)(H,28,31)/t19-/m1/s1. The molecule has 190 valence electrons. The molecule has 0 bridgehead atoms. The third-order valence-electron chi connectivity index (χ3n) is 6.41. The van der Waals surface area contributed by atoms with E-state index < -0.39 is 16.1 Å². The van der Waals surface area contributed by atoms with Crippen molar-refractivity contribution in [3.8, 4) is 0 Å². The maximum atomic E-state index is 13.6. The predicted molar refractivity (Wildman–Crippen MR) is 139 cm³/mol. The monoisotopic (exact) mass is 500 g/mol. The Labute approximate surface area is 208 Å². The molecule has 2 amide bonds. The summed E-state index contributed by atoms with van der Waals surface area (Å²) in [7, 11) is -3.93. The Morgan fingerprint density at radius 1 is 1.09 bits per heavy atom. The number of nitrogens with one attached hydrogen (secondary N) is 2. The fourth-order valence-corrected chi connectivity index (χ4v) is 5.82. The van der Waals surface area contributed by atoms with Gasteiger partial charge >= 0.3 is 0 Å². The lowest BCUT2D eigenvalue weighted by Crippen LogP contribution is -2.39. The predicted octanol–water partition coefficient (Wildman–Crippen LogP) is 3.95. The van der Waals surface area contributed by atoms with E-state index in [1.807, 2.05) is 35.2 Å². The van der Waals surface area contributed by atoms with Crippen molar-refractivity contribution in [2.24, 2.45) is 11.7 Å². The summed E-state index contributed by atoms with van der Waals surface area (Å²) in [5.74, 6) is -0.663. The van der Waals surface area contributed by atoms with Gasteiger partial charge < -0.3 is 16.0 Å². The van der Waals surface area contributed by atoms with Gasteiger partial charge in [0, 0.05) is 37.2 Å². The first kappa shape index (κ1) is 26.7. The molecule has 1 heterocycles. The molecule has 35 heavy (non-hydrogen) atoms. The van der Waals surface area contributed by atoms with Crippen molar-refractivity contribution in [2.75, 3.05) is 23.3 Å². The summed E-state index contributed by atoms with van der Waals surface area (Å²) < 4.78 is 29.9. The Balaban J connectivity index is 1.88. The third-order valence-corrected chi connectivity index (χ3v) is 7.98. The molecule has 1 atom stereocenters. The number of nitrogens with two attached hydrogens (primary N) is 1. The number of hydrogen-bond donors (Lipinski definition) is 3. The molecule has 0 unspecified atom stereocenters. The number of primary amides is 1. The summed E-state index contributed by atoms with van der Waals surface area (Å²) in [5, 5.41) is 2.84. The van der Waals surface area contributed by atoms with Gasteiger partial charge in [-0.15, -0.1) is 0 Å². The van der Waals surface area contributed by atoms with Crippen LogP contribution in [0.15, 0.2) is 53.4 Å². The van der Waals surface area contributed by atoms with Crippen molar-refractivity contribution in [3.63, 3.8) is 0 Å². The topological polar surface area (TPSA) is 122 Å². The maximum Gasteiger partial charge on any atom is 0.243 e. The van der Waals surface area contributed by atoms with Crippen LogP contribution in [0.25, 0.3) is 0 Å². The Hall–Kier alpha value is -2.91. The largest absolute Gasteiger partial charge is 0.370 e. The summed E-state index contributed by atoms with van der Waals surface area (Å²) in [6.07, 6.45) is 4.30. The van der Waals surface area contributed by atoms with E-state index in [0.717, 1.165) is 24.8 Å². The Bertz CT molecular complexity index is 1110. The molecule has 1 saturated heterocycles. The number of amides is 2. The van der Waals surface area contributed by atoms with E-state index in [2.05, 4.69) is 17.0 Å². The number of sulfonamides is 1. The number of hydrogen-bond acceptors (Lipinski definition) is 5. The van der Waals surface area contributed by atoms with Gasteiger partial charge in [-0.1, -0.05) is 50.1 Å². The third kappa shape index (κ3) is 7.29. The number of unbranched alkanes of at least 4 members (excludes halogenated alkanes) is 2. The van der Waals surface area contributed by atoms with E-state index in [1.165, 1.54) is 6.07 Å². The Morgan fingerprint density at radius 3 is 2.40 bits per heavy atom. The van der Waals surface area contributed by atoms with Gasteiger partial charge in [-0.2, -0.15) is 0 Å². The van der Waals surface area contributed by atoms with Crippen molar-refractivity contribution in [1.29, 1.82) is 0 Å². The van der Waals surface area contributed by atoms with Crippen LogP contribution in [0.5, 0.6) is 0 Å². The van der Waals surface area contributed by atoms with Gasteiger partial charge in [0.15, 0.2) is 0 Å². The Kier molecular flexibility index (Phi) is 9.28. The van der Waals surface area contributed by atoms with Gasteiger partial charge in [0.2, 0.25) is 21.8 Å². The molecule has 4 N–H and O–H groups in total. The second-order valence-corrected chi connectivity index (χ2v) is 10.8. The zero-order valence-corrected chi connectivity index (χ0v) is 21.3. The zero-order valence-electron chi connectivity index (χ0n) is 20.5. The molecule has 2 aromatic carbocycles. The molecule has 0 aromatic heterocycles. The fraction of sp³-hybridized carbons (Fsp3) is 0.462. The summed E-state index contributed by atoms with van der Waals surface area (Å²) >= 11 is 0. The van der Waals surface area contributed by atoms with E-state index in [0.29, 0.717) is 43.7 Å². The minimum absolute atomic E-state index is 0.101. The van der Waals surface area contributed by atoms with Gasteiger partial charge in [-0.3, -0.25) is 9.59 Å². The maximum absolute atomic E-state index is 13.6. The lowest BCUT2D eigenvalue weighted by Gasteiger charge is -2.33. The van der Waals surface area contributed by atoms with Crippen molar-refractivity contribution < 1.29 is 18.0 Å². The highest BCUT2D eigenvalue weighted by atomic mass is 32.2. The van der Waals surface area contributed by atoms with Crippen molar-refractivity contribution >= 4 is 33.2 Å². The minimum Gasteiger partial charge on any atom is -0.370 e. The minimum atomic E-state index is -3.93. The Morgan fingerprint density at radius 2 is 1.77 bits per heavy atom. The lowest BCUT2D eigenvalue weighted by atomic mass is 9.96. The lowest BCUT2D eigenvalue weighted by molar-refractivity contribution is -0.122. The average Bonchev–Trinajstić information content (AvgIpc) is 2.84. The molecule has 1 aliphatic rings.